The van der Waals surface area contributed by atoms with E-state index in [1.54, 1.807) is 6.07 Å². The van der Waals surface area contributed by atoms with Crippen molar-refractivity contribution in [1.82, 2.24) is 9.55 Å². The molecule has 0 radical (unpaired) electrons. The molecule has 1 heterocycles. The summed E-state index contributed by atoms with van der Waals surface area (Å²) in [7, 11) is 0. The van der Waals surface area contributed by atoms with Crippen molar-refractivity contribution in [3.8, 4) is 6.07 Å². The van der Waals surface area contributed by atoms with Crippen molar-refractivity contribution in [2.75, 3.05) is 0 Å². The van der Waals surface area contributed by atoms with Gasteiger partial charge in [-0.1, -0.05) is 0 Å². The van der Waals surface area contributed by atoms with Gasteiger partial charge in [0.05, 0.1) is 28.5 Å². The number of nitrogens with zero attached hydrogens (tertiary/aromatic N) is 3. The van der Waals surface area contributed by atoms with Gasteiger partial charge in [0.25, 0.3) is 0 Å². The summed E-state index contributed by atoms with van der Waals surface area (Å²) < 4.78 is 2.21. The van der Waals surface area contributed by atoms with E-state index < -0.39 is 0 Å². The van der Waals surface area contributed by atoms with Crippen LogP contribution in [0.4, 0.5) is 0 Å². The number of benzene rings is 1. The molecule has 4 heteroatoms. The monoisotopic (exact) mass is 245 g/mol. The predicted molar refractivity (Wildman–Crippen MR) is 66.9 cm³/mol. The van der Waals surface area contributed by atoms with E-state index in [-0.39, 0.29) is 0 Å². The zero-order chi connectivity index (χ0) is 11.8. The van der Waals surface area contributed by atoms with E-state index in [9.17, 15) is 0 Å². The summed E-state index contributed by atoms with van der Waals surface area (Å²) in [6.07, 6.45) is 3.64. The van der Waals surface area contributed by atoms with Crippen LogP contribution in [0.25, 0.3) is 11.0 Å². The van der Waals surface area contributed by atoms with Gasteiger partial charge in [-0.3, -0.25) is 0 Å². The molecule has 2 aromatic rings. The fraction of sp³-hybridized carbons (Fsp3) is 0.385. The molecule has 3 nitrogen and oxygen atoms in total. The van der Waals surface area contributed by atoms with Crippen molar-refractivity contribution in [2.24, 2.45) is 0 Å². The first-order chi connectivity index (χ1) is 8.33. The van der Waals surface area contributed by atoms with Crippen LogP contribution in [0.15, 0.2) is 18.2 Å². The molecule has 1 saturated carbocycles. The van der Waals surface area contributed by atoms with E-state index in [1.165, 1.54) is 19.3 Å². The minimum atomic E-state index is 0.424. The number of alkyl halides is 1. The topological polar surface area (TPSA) is 41.6 Å². The van der Waals surface area contributed by atoms with Gasteiger partial charge in [0.1, 0.15) is 5.82 Å². The molecule has 0 aliphatic heterocycles. The van der Waals surface area contributed by atoms with Gasteiger partial charge in [-0.15, -0.1) is 11.6 Å². The van der Waals surface area contributed by atoms with Gasteiger partial charge in [0, 0.05) is 6.04 Å². The minimum absolute atomic E-state index is 0.424. The van der Waals surface area contributed by atoms with Crippen LogP contribution in [0.5, 0.6) is 0 Å². The number of hydrogen-bond acceptors (Lipinski definition) is 2. The Morgan fingerprint density at radius 1 is 1.47 bits per heavy atom. The molecule has 3 rings (SSSR count). The highest BCUT2D eigenvalue weighted by molar-refractivity contribution is 6.16. The van der Waals surface area contributed by atoms with Crippen molar-refractivity contribution in [2.45, 2.75) is 31.2 Å². The molecule has 0 N–H and O–H groups in total. The molecule has 0 saturated heterocycles. The lowest BCUT2D eigenvalue weighted by Crippen LogP contribution is -2.18. The van der Waals surface area contributed by atoms with Crippen LogP contribution in [0, 0.1) is 11.3 Å². The molecule has 0 amide bonds. The van der Waals surface area contributed by atoms with E-state index in [4.69, 9.17) is 16.9 Å². The maximum atomic E-state index is 8.96. The average molecular weight is 246 g/mol. The first kappa shape index (κ1) is 10.6. The van der Waals surface area contributed by atoms with Gasteiger partial charge in [-0.05, 0) is 37.5 Å². The number of fused-ring (bicyclic) bond motifs is 1. The average Bonchev–Trinajstić information content (AvgIpc) is 2.65. The van der Waals surface area contributed by atoms with E-state index in [0.29, 0.717) is 17.5 Å². The predicted octanol–water partition coefficient (Wildman–Crippen LogP) is 3.37. The Hall–Kier alpha value is -1.53. The molecular weight excluding hydrogens is 234 g/mol. The number of hydrogen-bond donors (Lipinski definition) is 0. The Kier molecular flexibility index (Phi) is 2.53. The molecule has 1 aliphatic rings. The Balaban J connectivity index is 2.24. The highest BCUT2D eigenvalue weighted by Gasteiger charge is 2.24. The van der Waals surface area contributed by atoms with E-state index in [1.807, 2.05) is 12.1 Å². The minimum Gasteiger partial charge on any atom is -0.324 e. The van der Waals surface area contributed by atoms with Crippen LogP contribution in [0.2, 0.25) is 0 Å². The van der Waals surface area contributed by atoms with Crippen LogP contribution in [0.3, 0.4) is 0 Å². The number of nitriles is 1. The van der Waals surface area contributed by atoms with E-state index in [0.717, 1.165) is 16.9 Å². The van der Waals surface area contributed by atoms with Gasteiger partial charge in [-0.25, -0.2) is 4.98 Å². The Labute approximate surface area is 105 Å². The highest BCUT2D eigenvalue weighted by Crippen LogP contribution is 2.36. The van der Waals surface area contributed by atoms with Gasteiger partial charge >= 0.3 is 0 Å². The summed E-state index contributed by atoms with van der Waals surface area (Å²) in [5, 5.41) is 8.96. The maximum absolute atomic E-state index is 8.96. The van der Waals surface area contributed by atoms with Gasteiger partial charge in [-0.2, -0.15) is 5.26 Å². The van der Waals surface area contributed by atoms with Gasteiger partial charge < -0.3 is 4.57 Å². The van der Waals surface area contributed by atoms with Crippen molar-refractivity contribution in [3.05, 3.63) is 29.6 Å². The highest BCUT2D eigenvalue weighted by atomic mass is 35.5. The first-order valence-electron chi connectivity index (χ1n) is 5.80. The third kappa shape index (κ3) is 1.60. The lowest BCUT2D eigenvalue weighted by Gasteiger charge is -2.28. The second kappa shape index (κ2) is 4.05. The SMILES string of the molecule is N#Cc1ccc2nc(CCl)n(C3CCC3)c2c1. The fourth-order valence-electron chi connectivity index (χ4n) is 2.36. The molecule has 1 aromatic heterocycles. The summed E-state index contributed by atoms with van der Waals surface area (Å²) in [6.45, 7) is 0. The maximum Gasteiger partial charge on any atom is 0.125 e. The molecule has 17 heavy (non-hydrogen) atoms. The Morgan fingerprint density at radius 3 is 2.88 bits per heavy atom. The van der Waals surface area contributed by atoms with Gasteiger partial charge in [0.15, 0.2) is 0 Å². The quantitative estimate of drug-likeness (QED) is 0.762. The zero-order valence-electron chi connectivity index (χ0n) is 9.36. The smallest absolute Gasteiger partial charge is 0.125 e. The summed E-state index contributed by atoms with van der Waals surface area (Å²) in [4.78, 5) is 4.53. The number of aromatic nitrogens is 2. The Morgan fingerprint density at radius 2 is 2.29 bits per heavy atom. The molecule has 86 valence electrons. The van der Waals surface area contributed by atoms with E-state index in [2.05, 4.69) is 15.6 Å². The summed E-state index contributed by atoms with van der Waals surface area (Å²) in [5.74, 6) is 1.34. The number of rotatable bonds is 2. The van der Waals surface area contributed by atoms with Crippen LogP contribution in [-0.4, -0.2) is 9.55 Å². The fourth-order valence-corrected chi connectivity index (χ4v) is 2.55. The number of halogens is 1. The summed E-state index contributed by atoms with van der Waals surface area (Å²) in [5.41, 5.74) is 2.66. The molecular formula is C13H12ClN3. The molecule has 0 unspecified atom stereocenters. The first-order valence-corrected chi connectivity index (χ1v) is 6.34. The molecule has 1 aromatic carbocycles. The molecule has 1 fully saturated rings. The van der Waals surface area contributed by atoms with Crippen molar-refractivity contribution < 1.29 is 0 Å². The summed E-state index contributed by atoms with van der Waals surface area (Å²) in [6, 6.07) is 8.31. The molecule has 1 aliphatic carbocycles. The number of imidazole rings is 1. The van der Waals surface area contributed by atoms with Crippen LogP contribution >= 0.6 is 11.6 Å². The van der Waals surface area contributed by atoms with Crippen molar-refractivity contribution in [1.29, 1.82) is 5.26 Å². The second-order valence-electron chi connectivity index (χ2n) is 4.43. The molecule has 0 atom stereocenters. The zero-order valence-corrected chi connectivity index (χ0v) is 10.1. The largest absolute Gasteiger partial charge is 0.324 e. The van der Waals surface area contributed by atoms with E-state index >= 15 is 0 Å². The van der Waals surface area contributed by atoms with Crippen LogP contribution in [0.1, 0.15) is 36.7 Å². The van der Waals surface area contributed by atoms with Gasteiger partial charge in [0.2, 0.25) is 0 Å². The third-order valence-corrected chi connectivity index (χ3v) is 3.69. The van der Waals surface area contributed by atoms with Crippen LogP contribution < -0.4 is 0 Å². The normalized spacial score (nSPS) is 15.8. The third-order valence-electron chi connectivity index (χ3n) is 3.45. The Bertz CT molecular complexity index is 605. The van der Waals surface area contributed by atoms with Crippen molar-refractivity contribution >= 4 is 22.6 Å². The molecule has 0 bridgehead atoms. The van der Waals surface area contributed by atoms with Crippen LogP contribution in [-0.2, 0) is 5.88 Å². The lowest BCUT2D eigenvalue weighted by atomic mass is 9.92. The standard InChI is InChI=1S/C13H12ClN3/c14-7-13-16-11-5-4-9(8-15)6-12(11)17(13)10-2-1-3-10/h4-6,10H,1-3,7H2. The second-order valence-corrected chi connectivity index (χ2v) is 4.70. The summed E-state index contributed by atoms with van der Waals surface area (Å²) >= 11 is 5.95. The van der Waals surface area contributed by atoms with Crippen molar-refractivity contribution in [3.63, 3.8) is 0 Å². The lowest BCUT2D eigenvalue weighted by molar-refractivity contribution is 0.315. The molecule has 0 spiro atoms.